The monoisotopic (exact) mass is 532 g/mol. The number of aromatic nitrogens is 4. The quantitative estimate of drug-likeness (QED) is 0.161. The first-order chi connectivity index (χ1) is 18.1. The number of carbonyl (C=O) groups excluding carboxylic acids is 1. The molecule has 2 aromatic heterocycles. The highest BCUT2D eigenvalue weighted by molar-refractivity contribution is 7.99. The third-order valence-corrected chi connectivity index (χ3v) is 5.86. The summed E-state index contributed by atoms with van der Waals surface area (Å²) in [6.07, 6.45) is 1.74. The molecule has 0 radical (unpaired) electrons. The highest BCUT2D eigenvalue weighted by Gasteiger charge is 2.19. The van der Waals surface area contributed by atoms with E-state index >= 15 is 0 Å². The van der Waals surface area contributed by atoms with E-state index in [0.29, 0.717) is 79.7 Å². The third-order valence-electron chi connectivity index (χ3n) is 5.13. The van der Waals surface area contributed by atoms with Crippen LogP contribution in [0.1, 0.15) is 38.1 Å². The van der Waals surface area contributed by atoms with Crippen molar-refractivity contribution in [3.63, 3.8) is 0 Å². The zero-order chi connectivity index (χ0) is 26.6. The van der Waals surface area contributed by atoms with Gasteiger partial charge in [-0.2, -0.15) is 5.10 Å². The molecule has 2 heterocycles. The number of thioether (sulfide) groups is 1. The molecule has 1 amide bonds. The van der Waals surface area contributed by atoms with Crippen LogP contribution >= 0.6 is 11.8 Å². The Morgan fingerprint density at radius 2 is 1.70 bits per heavy atom. The molecule has 0 saturated carbocycles. The number of nitrogens with one attached hydrogen (secondary N) is 2. The number of anilines is 1. The van der Waals surface area contributed by atoms with Crippen molar-refractivity contribution in [3.05, 3.63) is 23.9 Å². The van der Waals surface area contributed by atoms with E-state index in [2.05, 4.69) is 32.6 Å². The van der Waals surface area contributed by atoms with Gasteiger partial charge >= 0.3 is 0 Å². The largest absolute Gasteiger partial charge is 0.490 e. The second-order valence-corrected chi connectivity index (χ2v) is 8.90. The van der Waals surface area contributed by atoms with Crippen LogP contribution in [0.3, 0.4) is 0 Å². The van der Waals surface area contributed by atoms with Crippen LogP contribution in [0.5, 0.6) is 17.2 Å². The summed E-state index contributed by atoms with van der Waals surface area (Å²) >= 11 is 1.56. The lowest BCUT2D eigenvalue weighted by molar-refractivity contribution is 0.0951. The topological polar surface area (TPSA) is 122 Å². The normalized spacial score (nSPS) is 10.9. The van der Waals surface area contributed by atoms with Crippen molar-refractivity contribution < 1.29 is 23.7 Å². The Bertz CT molecular complexity index is 1140. The van der Waals surface area contributed by atoms with Crippen LogP contribution in [-0.2, 0) is 11.3 Å². The average molecular weight is 533 g/mol. The van der Waals surface area contributed by atoms with Crippen molar-refractivity contribution in [1.29, 1.82) is 0 Å². The van der Waals surface area contributed by atoms with Gasteiger partial charge in [0, 0.05) is 25.8 Å². The van der Waals surface area contributed by atoms with Gasteiger partial charge in [-0.15, -0.1) is 0 Å². The summed E-state index contributed by atoms with van der Waals surface area (Å²) in [6, 6.07) is 3.35. The molecular weight excluding hydrogens is 496 g/mol. The van der Waals surface area contributed by atoms with Gasteiger partial charge in [0.2, 0.25) is 5.75 Å². The predicted octanol–water partition coefficient (Wildman–Crippen LogP) is 3.62. The first kappa shape index (κ1) is 28.3. The minimum atomic E-state index is -0.250. The summed E-state index contributed by atoms with van der Waals surface area (Å²) in [5.74, 6) is 2.77. The molecular formula is C25H36N6O5S. The maximum Gasteiger partial charge on any atom is 0.251 e. The Hall–Kier alpha value is -3.25. The SMILES string of the molecule is CCOc1cc(C(=O)NCCn2ncc3c(NCCOC)nc(SCC)nc32)cc(OCC)c1OCC. The molecule has 37 heavy (non-hydrogen) atoms. The van der Waals surface area contributed by atoms with Gasteiger partial charge in [0.25, 0.3) is 5.91 Å². The number of amides is 1. The van der Waals surface area contributed by atoms with E-state index in [4.69, 9.17) is 18.9 Å². The van der Waals surface area contributed by atoms with E-state index in [1.807, 2.05) is 20.8 Å². The molecule has 0 atom stereocenters. The van der Waals surface area contributed by atoms with Crippen molar-refractivity contribution in [2.45, 2.75) is 39.4 Å². The van der Waals surface area contributed by atoms with Crippen molar-refractivity contribution in [1.82, 2.24) is 25.1 Å². The minimum Gasteiger partial charge on any atom is -0.490 e. The molecule has 0 aliphatic carbocycles. The molecule has 0 bridgehead atoms. The number of rotatable bonds is 16. The molecule has 0 saturated heterocycles. The zero-order valence-corrected chi connectivity index (χ0v) is 22.9. The van der Waals surface area contributed by atoms with Gasteiger partial charge in [0.05, 0.1) is 44.6 Å². The van der Waals surface area contributed by atoms with Crippen LogP contribution in [0.2, 0.25) is 0 Å². The minimum absolute atomic E-state index is 0.250. The number of methoxy groups -OCH3 is 1. The lowest BCUT2D eigenvalue weighted by Crippen LogP contribution is -2.27. The fourth-order valence-corrected chi connectivity index (χ4v) is 4.16. The lowest BCUT2D eigenvalue weighted by atomic mass is 10.1. The Labute approximate surface area is 221 Å². The van der Waals surface area contributed by atoms with Gasteiger partial charge in [-0.1, -0.05) is 18.7 Å². The number of hydrogen-bond acceptors (Lipinski definition) is 10. The summed E-state index contributed by atoms with van der Waals surface area (Å²) in [4.78, 5) is 22.3. The van der Waals surface area contributed by atoms with E-state index < -0.39 is 0 Å². The van der Waals surface area contributed by atoms with Crippen LogP contribution in [0.4, 0.5) is 5.82 Å². The van der Waals surface area contributed by atoms with Gasteiger partial charge in [-0.3, -0.25) is 4.79 Å². The van der Waals surface area contributed by atoms with E-state index in [1.54, 1.807) is 41.9 Å². The van der Waals surface area contributed by atoms with Crippen LogP contribution in [0, 0.1) is 0 Å². The molecule has 2 N–H and O–H groups in total. The van der Waals surface area contributed by atoms with Gasteiger partial charge in [-0.05, 0) is 38.7 Å². The molecule has 0 aliphatic heterocycles. The molecule has 0 aliphatic rings. The third kappa shape index (κ3) is 7.39. The summed E-state index contributed by atoms with van der Waals surface area (Å²) in [5, 5.41) is 12.2. The summed E-state index contributed by atoms with van der Waals surface area (Å²) in [7, 11) is 1.66. The second kappa shape index (κ2) is 14.5. The molecule has 1 aromatic carbocycles. The molecule has 3 aromatic rings. The number of carbonyl (C=O) groups is 1. The molecule has 12 heteroatoms. The van der Waals surface area contributed by atoms with E-state index in [9.17, 15) is 4.79 Å². The van der Waals surface area contributed by atoms with Gasteiger partial charge < -0.3 is 29.6 Å². The Balaban J connectivity index is 1.76. The smallest absolute Gasteiger partial charge is 0.251 e. The summed E-state index contributed by atoms with van der Waals surface area (Å²) in [6.45, 7) is 11.0. The van der Waals surface area contributed by atoms with Crippen molar-refractivity contribution in [2.75, 3.05) is 57.7 Å². The molecule has 202 valence electrons. The van der Waals surface area contributed by atoms with Gasteiger partial charge in [0.15, 0.2) is 22.3 Å². The Morgan fingerprint density at radius 1 is 1.00 bits per heavy atom. The average Bonchev–Trinajstić information content (AvgIpc) is 3.29. The molecule has 0 fully saturated rings. The fraction of sp³-hybridized carbons (Fsp3) is 0.520. The zero-order valence-electron chi connectivity index (χ0n) is 22.1. The molecule has 11 nitrogen and oxygen atoms in total. The van der Waals surface area contributed by atoms with Gasteiger partial charge in [-0.25, -0.2) is 14.6 Å². The van der Waals surface area contributed by atoms with E-state index in [1.165, 1.54) is 0 Å². The summed E-state index contributed by atoms with van der Waals surface area (Å²) in [5.41, 5.74) is 1.13. The van der Waals surface area contributed by atoms with Crippen LogP contribution in [-0.4, -0.2) is 78.0 Å². The molecule has 0 spiro atoms. The van der Waals surface area contributed by atoms with Crippen LogP contribution in [0.25, 0.3) is 11.0 Å². The number of nitrogens with zero attached hydrogens (tertiary/aromatic N) is 4. The lowest BCUT2D eigenvalue weighted by Gasteiger charge is -2.17. The number of hydrogen-bond donors (Lipinski definition) is 2. The number of ether oxygens (including phenoxy) is 4. The van der Waals surface area contributed by atoms with E-state index in [-0.39, 0.29) is 5.91 Å². The maximum atomic E-state index is 13.0. The first-order valence-corrected chi connectivity index (χ1v) is 13.5. The Morgan fingerprint density at radius 3 is 2.32 bits per heavy atom. The molecule has 3 rings (SSSR count). The number of benzene rings is 1. The van der Waals surface area contributed by atoms with Crippen molar-refractivity contribution in [2.24, 2.45) is 0 Å². The van der Waals surface area contributed by atoms with Gasteiger partial charge in [0.1, 0.15) is 5.82 Å². The maximum absolute atomic E-state index is 13.0. The number of fused-ring (bicyclic) bond motifs is 1. The van der Waals surface area contributed by atoms with Crippen molar-refractivity contribution >= 4 is 34.5 Å². The highest BCUT2D eigenvalue weighted by atomic mass is 32.2. The summed E-state index contributed by atoms with van der Waals surface area (Å²) < 4.78 is 24.1. The van der Waals surface area contributed by atoms with Crippen LogP contribution in [0.15, 0.2) is 23.5 Å². The fourth-order valence-electron chi connectivity index (χ4n) is 3.60. The second-order valence-electron chi connectivity index (χ2n) is 7.67. The van der Waals surface area contributed by atoms with Crippen molar-refractivity contribution in [3.8, 4) is 17.2 Å². The van der Waals surface area contributed by atoms with E-state index in [0.717, 1.165) is 17.0 Å². The first-order valence-electron chi connectivity index (χ1n) is 12.5. The predicted molar refractivity (Wildman–Crippen MR) is 144 cm³/mol. The van der Waals surface area contributed by atoms with Crippen LogP contribution < -0.4 is 24.8 Å². The standard InChI is InChI=1S/C25H36N6O5S/c1-6-34-19-14-17(15-20(35-7-2)21(19)36-8-3)24(32)27-10-12-31-23-18(16-28-31)22(26-11-13-33-5)29-25(30-23)37-9-4/h14-16H,6-13H2,1-5H3,(H,27,32)(H,26,29,30). The highest BCUT2D eigenvalue weighted by Crippen LogP contribution is 2.39. The molecule has 0 unspecified atom stereocenters. The Kier molecular flexibility index (Phi) is 11.1.